The predicted octanol–water partition coefficient (Wildman–Crippen LogP) is 2.21. The Balaban J connectivity index is 1.70. The molecule has 0 spiro atoms. The van der Waals surface area contributed by atoms with Gasteiger partial charge in [0.1, 0.15) is 0 Å². The van der Waals surface area contributed by atoms with Gasteiger partial charge in [0.2, 0.25) is 0 Å². The molecule has 2 nitrogen and oxygen atoms in total. The summed E-state index contributed by atoms with van der Waals surface area (Å²) in [5, 5.41) is 3.41. The van der Waals surface area contributed by atoms with E-state index in [0.29, 0.717) is 5.41 Å². The third-order valence-corrected chi connectivity index (χ3v) is 5.97. The maximum atomic E-state index is 5.56. The average Bonchev–Trinajstić information content (AvgIpc) is 2.30. The fraction of sp³-hybridized carbons (Fsp3) is 0.600. The van der Waals surface area contributed by atoms with Crippen LogP contribution in [0.1, 0.15) is 17.5 Å². The van der Waals surface area contributed by atoms with E-state index in [-0.39, 0.29) is 0 Å². The number of fused-ring (bicyclic) bond motifs is 1. The molecule has 1 aromatic carbocycles. The van der Waals surface area contributed by atoms with Crippen LogP contribution in [-0.4, -0.2) is 32.1 Å². The highest BCUT2D eigenvalue weighted by molar-refractivity contribution is 7.99. The molecule has 3 aliphatic heterocycles. The molecule has 18 heavy (non-hydrogen) atoms. The van der Waals surface area contributed by atoms with Crippen molar-refractivity contribution in [1.29, 1.82) is 0 Å². The highest BCUT2D eigenvalue weighted by Gasteiger charge is 2.49. The van der Waals surface area contributed by atoms with Gasteiger partial charge < -0.3 is 10.1 Å². The highest BCUT2D eigenvalue weighted by atomic mass is 32.2. The third kappa shape index (κ3) is 1.57. The van der Waals surface area contributed by atoms with E-state index in [1.165, 1.54) is 29.1 Å². The largest absolute Gasteiger partial charge is 0.379 e. The summed E-state index contributed by atoms with van der Waals surface area (Å²) >= 11 is 2.02. The van der Waals surface area contributed by atoms with Gasteiger partial charge in [-0.25, -0.2) is 0 Å². The Kier molecular flexibility index (Phi) is 2.68. The molecule has 0 aliphatic carbocycles. The average molecular weight is 261 g/mol. The molecule has 0 saturated carbocycles. The molecule has 4 rings (SSSR count). The van der Waals surface area contributed by atoms with Crippen molar-refractivity contribution in [3.63, 3.8) is 0 Å². The number of benzene rings is 1. The zero-order valence-corrected chi connectivity index (χ0v) is 11.4. The summed E-state index contributed by atoms with van der Waals surface area (Å²) in [6.45, 7) is 4.17. The van der Waals surface area contributed by atoms with Crippen molar-refractivity contribution in [2.24, 2.45) is 5.92 Å². The van der Waals surface area contributed by atoms with Gasteiger partial charge >= 0.3 is 0 Å². The molecule has 0 amide bonds. The minimum atomic E-state index is 0.322. The molecule has 1 aromatic rings. The number of hydrogen-bond acceptors (Lipinski definition) is 3. The number of aryl methyl sites for hydroxylation is 1. The van der Waals surface area contributed by atoms with Crippen molar-refractivity contribution in [1.82, 2.24) is 5.32 Å². The Morgan fingerprint density at radius 2 is 2.17 bits per heavy atom. The van der Waals surface area contributed by atoms with Crippen LogP contribution in [0.3, 0.4) is 0 Å². The van der Waals surface area contributed by atoms with Crippen LogP contribution in [0.25, 0.3) is 0 Å². The minimum absolute atomic E-state index is 0.322. The summed E-state index contributed by atoms with van der Waals surface area (Å²) in [6.07, 6.45) is 2.59. The molecule has 0 unspecified atom stereocenters. The maximum Gasteiger partial charge on any atom is 0.0589 e. The number of ether oxygens (including phenoxy) is 1. The number of thioether (sulfide) groups is 1. The highest BCUT2D eigenvalue weighted by Crippen LogP contribution is 2.43. The zero-order chi connectivity index (χ0) is 12.0. The van der Waals surface area contributed by atoms with Crippen LogP contribution in [0.5, 0.6) is 0 Å². The van der Waals surface area contributed by atoms with Gasteiger partial charge in [-0.05, 0) is 41.7 Å². The van der Waals surface area contributed by atoms with E-state index in [2.05, 4.69) is 23.5 Å². The molecule has 3 aliphatic rings. The van der Waals surface area contributed by atoms with E-state index >= 15 is 0 Å². The summed E-state index contributed by atoms with van der Waals surface area (Å²) in [5.74, 6) is 2.06. The van der Waals surface area contributed by atoms with Gasteiger partial charge in [-0.15, -0.1) is 11.8 Å². The maximum absolute atomic E-state index is 5.56. The summed E-state index contributed by atoms with van der Waals surface area (Å²) < 4.78 is 5.56. The van der Waals surface area contributed by atoms with Gasteiger partial charge in [-0.1, -0.05) is 12.1 Å². The van der Waals surface area contributed by atoms with Gasteiger partial charge in [0.25, 0.3) is 0 Å². The van der Waals surface area contributed by atoms with Crippen LogP contribution >= 0.6 is 11.8 Å². The SMILES string of the molecule is c1cc2c(cc1C1(C3CNC3)COC1)CCCS2. The summed E-state index contributed by atoms with van der Waals surface area (Å²) in [6, 6.07) is 7.18. The van der Waals surface area contributed by atoms with E-state index in [1.54, 1.807) is 5.56 Å². The van der Waals surface area contributed by atoms with Crippen LogP contribution < -0.4 is 5.32 Å². The molecule has 3 heterocycles. The van der Waals surface area contributed by atoms with Crippen LogP contribution in [0.4, 0.5) is 0 Å². The molecule has 0 atom stereocenters. The second-order valence-corrected chi connectivity index (χ2v) is 6.92. The molecular weight excluding hydrogens is 242 g/mol. The van der Waals surface area contributed by atoms with E-state index in [1.807, 2.05) is 11.8 Å². The smallest absolute Gasteiger partial charge is 0.0589 e. The molecule has 0 radical (unpaired) electrons. The van der Waals surface area contributed by atoms with Crippen LogP contribution in [0, 0.1) is 5.92 Å². The quantitative estimate of drug-likeness (QED) is 0.882. The molecular formula is C15H19NOS. The summed E-state index contributed by atoms with van der Waals surface area (Å²) in [4.78, 5) is 1.51. The van der Waals surface area contributed by atoms with Crippen molar-refractivity contribution >= 4 is 11.8 Å². The second kappa shape index (κ2) is 4.26. The first-order chi connectivity index (χ1) is 8.88. The first kappa shape index (κ1) is 11.3. The summed E-state index contributed by atoms with van der Waals surface area (Å²) in [7, 11) is 0. The Morgan fingerprint density at radius 3 is 2.83 bits per heavy atom. The lowest BCUT2D eigenvalue weighted by Crippen LogP contribution is -2.62. The Hall–Kier alpha value is -0.510. The van der Waals surface area contributed by atoms with Crippen molar-refractivity contribution < 1.29 is 4.74 Å². The van der Waals surface area contributed by atoms with E-state index in [9.17, 15) is 0 Å². The molecule has 2 fully saturated rings. The normalized spacial score (nSPS) is 26.0. The topological polar surface area (TPSA) is 21.3 Å². The lowest BCUT2D eigenvalue weighted by atomic mass is 9.66. The number of hydrogen-bond donors (Lipinski definition) is 1. The van der Waals surface area contributed by atoms with Crippen LogP contribution in [0.2, 0.25) is 0 Å². The van der Waals surface area contributed by atoms with Gasteiger partial charge in [0.05, 0.1) is 13.2 Å². The third-order valence-electron chi connectivity index (χ3n) is 4.77. The zero-order valence-electron chi connectivity index (χ0n) is 10.6. The van der Waals surface area contributed by atoms with Crippen LogP contribution in [0.15, 0.2) is 23.1 Å². The molecule has 2 saturated heterocycles. The van der Waals surface area contributed by atoms with E-state index in [0.717, 1.165) is 32.2 Å². The standard InChI is InChI=1S/C15H19NOS/c1-2-11-6-12(3-4-14(11)18-5-1)15(9-17-10-15)13-7-16-8-13/h3-4,6,13,16H,1-2,5,7-10H2. The monoisotopic (exact) mass is 261 g/mol. The van der Waals surface area contributed by atoms with Gasteiger partial charge in [0, 0.05) is 23.4 Å². The van der Waals surface area contributed by atoms with Gasteiger partial charge in [0.15, 0.2) is 0 Å². The Morgan fingerprint density at radius 1 is 1.28 bits per heavy atom. The van der Waals surface area contributed by atoms with Crippen molar-refractivity contribution in [3.05, 3.63) is 29.3 Å². The second-order valence-electron chi connectivity index (χ2n) is 5.78. The Bertz CT molecular complexity index is 466. The van der Waals surface area contributed by atoms with Gasteiger partial charge in [-0.2, -0.15) is 0 Å². The number of rotatable bonds is 2. The van der Waals surface area contributed by atoms with Crippen molar-refractivity contribution in [3.8, 4) is 0 Å². The Labute approximate surface area is 112 Å². The van der Waals surface area contributed by atoms with E-state index in [4.69, 9.17) is 4.74 Å². The first-order valence-corrected chi connectivity index (χ1v) is 7.92. The molecule has 1 N–H and O–H groups in total. The lowest BCUT2D eigenvalue weighted by molar-refractivity contribution is -0.101. The molecule has 0 aromatic heterocycles. The van der Waals surface area contributed by atoms with E-state index < -0.39 is 0 Å². The fourth-order valence-corrected chi connectivity index (χ4v) is 4.33. The molecule has 0 bridgehead atoms. The lowest BCUT2D eigenvalue weighted by Gasteiger charge is -2.51. The minimum Gasteiger partial charge on any atom is -0.379 e. The fourth-order valence-electron chi connectivity index (χ4n) is 3.31. The first-order valence-electron chi connectivity index (χ1n) is 6.93. The van der Waals surface area contributed by atoms with Crippen molar-refractivity contribution in [2.75, 3.05) is 32.1 Å². The van der Waals surface area contributed by atoms with Gasteiger partial charge in [-0.3, -0.25) is 0 Å². The molecule has 3 heteroatoms. The number of nitrogens with one attached hydrogen (secondary N) is 1. The predicted molar refractivity (Wildman–Crippen MR) is 74.3 cm³/mol. The van der Waals surface area contributed by atoms with Crippen molar-refractivity contribution in [2.45, 2.75) is 23.2 Å². The molecule has 96 valence electrons. The van der Waals surface area contributed by atoms with Crippen LogP contribution in [-0.2, 0) is 16.6 Å². The summed E-state index contributed by atoms with van der Waals surface area (Å²) in [5.41, 5.74) is 3.42.